The molecule has 0 aromatic heterocycles. The Morgan fingerprint density at radius 1 is 0.520 bits per heavy atom. The SMILES string of the molecule is c1ccc([SH](c2ccccc2)c2ccc(C3CCCCC3)cc2)cc1. The maximum atomic E-state index is 2.40. The second kappa shape index (κ2) is 7.93. The lowest BCUT2D eigenvalue weighted by atomic mass is 9.84. The monoisotopic (exact) mass is 346 g/mol. The van der Waals surface area contributed by atoms with Gasteiger partial charge in [0.2, 0.25) is 0 Å². The second-order valence-corrected chi connectivity index (χ2v) is 9.15. The zero-order valence-corrected chi connectivity index (χ0v) is 15.5. The average molecular weight is 347 g/mol. The normalized spacial score (nSPS) is 15.8. The number of rotatable bonds is 4. The van der Waals surface area contributed by atoms with E-state index in [1.807, 2.05) is 0 Å². The van der Waals surface area contributed by atoms with Gasteiger partial charge in [0.1, 0.15) is 0 Å². The zero-order valence-electron chi connectivity index (χ0n) is 14.6. The van der Waals surface area contributed by atoms with E-state index in [-0.39, 0.29) is 0 Å². The first kappa shape index (κ1) is 16.5. The molecule has 1 aliphatic carbocycles. The van der Waals surface area contributed by atoms with Gasteiger partial charge in [-0.1, -0.05) is 67.8 Å². The van der Waals surface area contributed by atoms with Gasteiger partial charge in [0.05, 0.1) is 0 Å². The predicted molar refractivity (Wildman–Crippen MR) is 109 cm³/mol. The quantitative estimate of drug-likeness (QED) is 0.474. The van der Waals surface area contributed by atoms with E-state index in [0.29, 0.717) is 0 Å². The van der Waals surface area contributed by atoms with Gasteiger partial charge in [0.25, 0.3) is 0 Å². The van der Waals surface area contributed by atoms with Crippen molar-refractivity contribution >= 4 is 10.9 Å². The van der Waals surface area contributed by atoms with Crippen molar-refractivity contribution in [2.45, 2.75) is 52.7 Å². The molecule has 0 atom stereocenters. The van der Waals surface area contributed by atoms with Crippen LogP contribution >= 0.6 is 10.9 Å². The first-order chi connectivity index (χ1) is 12.4. The van der Waals surface area contributed by atoms with Crippen molar-refractivity contribution in [2.24, 2.45) is 0 Å². The van der Waals surface area contributed by atoms with Crippen LogP contribution in [0.15, 0.2) is 99.6 Å². The van der Waals surface area contributed by atoms with Crippen LogP contribution in [0.4, 0.5) is 0 Å². The minimum Gasteiger partial charge on any atom is -0.173 e. The first-order valence-corrected chi connectivity index (χ1v) is 10.8. The predicted octanol–water partition coefficient (Wildman–Crippen LogP) is 7.21. The van der Waals surface area contributed by atoms with Crippen molar-refractivity contribution in [3.63, 3.8) is 0 Å². The summed E-state index contributed by atoms with van der Waals surface area (Å²) in [5, 5.41) is 0. The third-order valence-electron chi connectivity index (χ3n) is 5.26. The van der Waals surface area contributed by atoms with Crippen LogP contribution in [0.5, 0.6) is 0 Å². The van der Waals surface area contributed by atoms with Crippen LogP contribution in [0.1, 0.15) is 43.6 Å². The summed E-state index contributed by atoms with van der Waals surface area (Å²) in [4.78, 5) is 4.30. The highest BCUT2D eigenvalue weighted by Crippen LogP contribution is 2.51. The van der Waals surface area contributed by atoms with Crippen molar-refractivity contribution in [2.75, 3.05) is 0 Å². The molecule has 0 unspecified atom stereocenters. The van der Waals surface area contributed by atoms with Crippen molar-refractivity contribution in [1.82, 2.24) is 0 Å². The molecule has 0 aliphatic heterocycles. The summed E-state index contributed by atoms with van der Waals surface area (Å²) in [6.45, 7) is 0. The molecule has 4 rings (SSSR count). The first-order valence-electron chi connectivity index (χ1n) is 9.42. The third-order valence-corrected chi connectivity index (χ3v) is 7.70. The minimum atomic E-state index is -0.476. The minimum absolute atomic E-state index is 0.476. The zero-order chi connectivity index (χ0) is 16.9. The molecule has 0 amide bonds. The Hall–Kier alpha value is -1.99. The van der Waals surface area contributed by atoms with E-state index in [2.05, 4.69) is 84.9 Å². The molecule has 128 valence electrons. The molecule has 0 nitrogen and oxygen atoms in total. The molecular formula is C24H26S. The Morgan fingerprint density at radius 3 is 1.52 bits per heavy atom. The highest BCUT2D eigenvalue weighted by atomic mass is 32.2. The highest BCUT2D eigenvalue weighted by molar-refractivity contribution is 8.17. The van der Waals surface area contributed by atoms with Gasteiger partial charge in [0, 0.05) is 0 Å². The third kappa shape index (κ3) is 3.82. The summed E-state index contributed by atoms with van der Waals surface area (Å²) in [6, 6.07) is 31.5. The summed E-state index contributed by atoms with van der Waals surface area (Å²) in [5.74, 6) is 0.780. The molecule has 0 bridgehead atoms. The summed E-state index contributed by atoms with van der Waals surface area (Å²) in [6.07, 6.45) is 6.94. The Labute approximate surface area is 154 Å². The van der Waals surface area contributed by atoms with E-state index in [0.717, 1.165) is 5.92 Å². The molecule has 0 N–H and O–H groups in total. The van der Waals surface area contributed by atoms with Crippen LogP contribution in [0.3, 0.4) is 0 Å². The average Bonchev–Trinajstić information content (AvgIpc) is 2.71. The Balaban J connectivity index is 1.68. The Bertz CT molecular complexity index is 732. The van der Waals surface area contributed by atoms with E-state index < -0.39 is 10.9 Å². The molecular weight excluding hydrogens is 320 g/mol. The lowest BCUT2D eigenvalue weighted by Gasteiger charge is -2.25. The van der Waals surface area contributed by atoms with E-state index in [9.17, 15) is 0 Å². The number of thiol groups is 1. The van der Waals surface area contributed by atoms with Gasteiger partial charge in [-0.2, -0.15) is 10.9 Å². The molecule has 3 aromatic carbocycles. The van der Waals surface area contributed by atoms with Gasteiger partial charge in [-0.25, -0.2) is 0 Å². The molecule has 1 heteroatoms. The second-order valence-electron chi connectivity index (χ2n) is 6.93. The number of benzene rings is 3. The van der Waals surface area contributed by atoms with Gasteiger partial charge in [-0.05, 0) is 75.4 Å². The van der Waals surface area contributed by atoms with Crippen LogP contribution in [0.2, 0.25) is 0 Å². The summed E-state index contributed by atoms with van der Waals surface area (Å²) < 4.78 is 0. The molecule has 0 saturated heterocycles. The fourth-order valence-corrected chi connectivity index (χ4v) is 6.22. The van der Waals surface area contributed by atoms with Gasteiger partial charge < -0.3 is 0 Å². The van der Waals surface area contributed by atoms with Crippen LogP contribution in [-0.4, -0.2) is 0 Å². The summed E-state index contributed by atoms with van der Waals surface area (Å²) >= 11 is 0. The van der Waals surface area contributed by atoms with Crippen molar-refractivity contribution in [3.05, 3.63) is 90.5 Å². The van der Waals surface area contributed by atoms with Crippen LogP contribution in [0.25, 0.3) is 0 Å². The fraction of sp³-hybridized carbons (Fsp3) is 0.250. The highest BCUT2D eigenvalue weighted by Gasteiger charge is 2.17. The number of hydrogen-bond donors (Lipinski definition) is 1. The molecule has 1 aliphatic rings. The van der Waals surface area contributed by atoms with E-state index in [1.165, 1.54) is 46.8 Å². The largest absolute Gasteiger partial charge is 0.173 e. The van der Waals surface area contributed by atoms with Crippen molar-refractivity contribution in [3.8, 4) is 0 Å². The van der Waals surface area contributed by atoms with Crippen LogP contribution < -0.4 is 0 Å². The molecule has 1 saturated carbocycles. The molecule has 25 heavy (non-hydrogen) atoms. The molecule has 3 aromatic rings. The van der Waals surface area contributed by atoms with Crippen molar-refractivity contribution < 1.29 is 0 Å². The topological polar surface area (TPSA) is 0 Å². The number of hydrogen-bond acceptors (Lipinski definition) is 0. The van der Waals surface area contributed by atoms with Crippen LogP contribution in [0, 0.1) is 0 Å². The van der Waals surface area contributed by atoms with Gasteiger partial charge >= 0.3 is 0 Å². The Kier molecular flexibility index (Phi) is 5.22. The standard InChI is InChI=1S/C24H26S/c1-4-10-20(11-5-1)21-16-18-24(19-17-21)25(22-12-6-2-7-13-22)23-14-8-3-9-15-23/h2-3,6-9,12-20,25H,1,4-5,10-11H2. The maximum Gasteiger partial charge on any atom is -0.00450 e. The lowest BCUT2D eigenvalue weighted by molar-refractivity contribution is 0.443. The molecule has 0 radical (unpaired) electrons. The smallest absolute Gasteiger partial charge is 0.00450 e. The van der Waals surface area contributed by atoms with Gasteiger partial charge in [0.15, 0.2) is 0 Å². The van der Waals surface area contributed by atoms with E-state index >= 15 is 0 Å². The van der Waals surface area contributed by atoms with E-state index in [1.54, 1.807) is 5.56 Å². The van der Waals surface area contributed by atoms with Crippen molar-refractivity contribution in [1.29, 1.82) is 0 Å². The molecule has 0 spiro atoms. The van der Waals surface area contributed by atoms with Crippen LogP contribution in [-0.2, 0) is 0 Å². The van der Waals surface area contributed by atoms with Gasteiger partial charge in [-0.3, -0.25) is 0 Å². The molecule has 0 heterocycles. The maximum absolute atomic E-state index is 2.40. The Morgan fingerprint density at radius 2 is 1.00 bits per heavy atom. The fourth-order valence-electron chi connectivity index (χ4n) is 3.93. The summed E-state index contributed by atoms with van der Waals surface area (Å²) in [7, 11) is -0.476. The van der Waals surface area contributed by atoms with E-state index in [4.69, 9.17) is 0 Å². The lowest BCUT2D eigenvalue weighted by Crippen LogP contribution is -2.04. The summed E-state index contributed by atoms with van der Waals surface area (Å²) in [5.41, 5.74) is 1.54. The van der Waals surface area contributed by atoms with Gasteiger partial charge in [-0.15, -0.1) is 0 Å². The molecule has 1 fully saturated rings.